The molecule has 0 atom stereocenters. The van der Waals surface area contributed by atoms with Crippen LogP contribution >= 0.6 is 0 Å². The molecule has 4 aromatic carbocycles. The highest BCUT2D eigenvalue weighted by molar-refractivity contribution is 7.86. The average Bonchev–Trinajstić information content (AvgIpc) is 2.93. The zero-order valence-corrected chi connectivity index (χ0v) is 24.7. The third-order valence-electron chi connectivity index (χ3n) is 6.42. The lowest BCUT2D eigenvalue weighted by molar-refractivity contribution is 0.472. The second-order valence-electron chi connectivity index (χ2n) is 9.25. The van der Waals surface area contributed by atoms with Gasteiger partial charge in [0.25, 0.3) is 30.4 Å². The predicted octanol–water partition coefficient (Wildman–Crippen LogP) is 2.39. The monoisotopic (exact) mass is 678 g/mol. The van der Waals surface area contributed by atoms with Crippen molar-refractivity contribution in [2.45, 2.75) is 14.7 Å². The van der Waals surface area contributed by atoms with Crippen molar-refractivity contribution in [3.05, 3.63) is 75.6 Å². The van der Waals surface area contributed by atoms with E-state index in [1.54, 1.807) is 0 Å². The van der Waals surface area contributed by atoms with Gasteiger partial charge in [-0.3, -0.25) is 23.6 Å². The van der Waals surface area contributed by atoms with Crippen molar-refractivity contribution in [3.63, 3.8) is 0 Å². The van der Waals surface area contributed by atoms with Crippen LogP contribution in [0.4, 0.5) is 23.0 Å². The fourth-order valence-electron chi connectivity index (χ4n) is 4.47. The van der Waals surface area contributed by atoms with Gasteiger partial charge in [-0.2, -0.15) is 30.2 Å². The number of rotatable bonds is 7. The molecule has 45 heavy (non-hydrogen) atoms. The van der Waals surface area contributed by atoms with Crippen LogP contribution in [0, 0.1) is 0 Å². The summed E-state index contributed by atoms with van der Waals surface area (Å²) in [5.41, 5.74) is -3.01. The lowest BCUT2D eigenvalue weighted by Gasteiger charge is -2.18. The summed E-state index contributed by atoms with van der Waals surface area (Å²) in [6.45, 7) is 0. The van der Waals surface area contributed by atoms with Crippen molar-refractivity contribution in [3.8, 4) is 5.75 Å². The van der Waals surface area contributed by atoms with Crippen molar-refractivity contribution in [2.24, 2.45) is 10.2 Å². The molecule has 234 valence electrons. The average molecular weight is 679 g/mol. The predicted molar refractivity (Wildman–Crippen MR) is 157 cm³/mol. The molecule has 5 rings (SSSR count). The molecule has 0 unspecified atom stereocenters. The van der Waals surface area contributed by atoms with Crippen molar-refractivity contribution < 1.29 is 44.0 Å². The van der Waals surface area contributed by atoms with E-state index in [4.69, 9.17) is 0 Å². The normalized spacial score (nSPS) is 12.7. The molecule has 18 nitrogen and oxygen atoms in total. The minimum atomic E-state index is -5.17. The minimum absolute atomic E-state index is 0.0117. The van der Waals surface area contributed by atoms with E-state index >= 15 is 0 Å². The maximum atomic E-state index is 12.3. The standard InChI is InChI=1S/C24H18N6O12S3/c1-30(22-25-23(32)27-24(33)26-22)12-5-6-13-11(9-12)10-18(44(37,38)39)19(20(13)31)29-28-16-8-7-14-15(21(16)45(40,41)42)3-2-4-17(14)43(34,35)36/h2-10,31H,1H3,(H,34,35,36)(H,37,38,39)(H,40,41,42)(H2,25,26,27,32,33). The molecule has 5 aromatic rings. The first kappa shape index (κ1) is 31.4. The van der Waals surface area contributed by atoms with E-state index in [2.05, 4.69) is 20.2 Å². The third kappa shape index (κ3) is 6.02. The van der Waals surface area contributed by atoms with Gasteiger partial charge in [0, 0.05) is 28.9 Å². The Morgan fingerprint density at radius 3 is 2.04 bits per heavy atom. The van der Waals surface area contributed by atoms with Gasteiger partial charge in [-0.1, -0.05) is 18.2 Å². The zero-order chi connectivity index (χ0) is 33.1. The van der Waals surface area contributed by atoms with Crippen LogP contribution in [0.3, 0.4) is 0 Å². The highest BCUT2D eigenvalue weighted by Crippen LogP contribution is 2.43. The smallest absolute Gasteiger partial charge is 0.352 e. The quantitative estimate of drug-likeness (QED) is 0.106. The van der Waals surface area contributed by atoms with Gasteiger partial charge in [-0.05, 0) is 41.8 Å². The highest BCUT2D eigenvalue weighted by atomic mass is 32.2. The van der Waals surface area contributed by atoms with Crippen LogP contribution in [0.2, 0.25) is 0 Å². The van der Waals surface area contributed by atoms with Crippen molar-refractivity contribution in [2.75, 3.05) is 11.9 Å². The van der Waals surface area contributed by atoms with Gasteiger partial charge in [-0.25, -0.2) is 9.59 Å². The van der Waals surface area contributed by atoms with E-state index in [-0.39, 0.29) is 27.8 Å². The van der Waals surface area contributed by atoms with Crippen LogP contribution in [0.5, 0.6) is 5.75 Å². The Morgan fingerprint density at radius 1 is 0.756 bits per heavy atom. The fraction of sp³-hybridized carbons (Fsp3) is 0.0417. The Balaban J connectivity index is 1.70. The number of H-pyrrole nitrogens is 2. The molecule has 0 spiro atoms. The van der Waals surface area contributed by atoms with E-state index < -0.39 is 78.9 Å². The Morgan fingerprint density at radius 2 is 1.42 bits per heavy atom. The van der Waals surface area contributed by atoms with E-state index in [9.17, 15) is 53.6 Å². The SMILES string of the molecule is CN(c1ccc2c(O)c(N=Nc3ccc4c(S(=O)(=O)O)cccc4c3S(=O)(=O)O)c(S(=O)(=O)O)cc2c1)c1nc(=O)[nH]c(=O)[nH]1. The number of hydrogen-bond acceptors (Lipinski definition) is 13. The molecule has 0 radical (unpaired) electrons. The number of nitrogens with zero attached hydrogens (tertiary/aromatic N) is 4. The van der Waals surface area contributed by atoms with Crippen LogP contribution < -0.4 is 16.3 Å². The summed E-state index contributed by atoms with van der Waals surface area (Å²) in [6, 6.07) is 10.0. The van der Waals surface area contributed by atoms with Gasteiger partial charge in [0.05, 0.1) is 0 Å². The van der Waals surface area contributed by atoms with Gasteiger partial charge in [0.2, 0.25) is 5.95 Å². The van der Waals surface area contributed by atoms with Gasteiger partial charge in [0.15, 0.2) is 5.75 Å². The van der Waals surface area contributed by atoms with Crippen LogP contribution in [-0.2, 0) is 30.4 Å². The van der Waals surface area contributed by atoms with Crippen LogP contribution in [0.15, 0.2) is 89.1 Å². The first-order valence-corrected chi connectivity index (χ1v) is 16.3. The molecule has 0 bridgehead atoms. The summed E-state index contributed by atoms with van der Waals surface area (Å²) in [5.74, 6) is -1.01. The first-order chi connectivity index (χ1) is 20.9. The number of aromatic amines is 2. The maximum absolute atomic E-state index is 12.3. The van der Waals surface area contributed by atoms with Crippen molar-refractivity contribution in [1.82, 2.24) is 15.0 Å². The highest BCUT2D eigenvalue weighted by Gasteiger charge is 2.26. The minimum Gasteiger partial charge on any atom is -0.505 e. The van der Waals surface area contributed by atoms with Crippen LogP contribution in [0.25, 0.3) is 21.5 Å². The number of phenolic OH excluding ortho intramolecular Hbond substituents is 1. The zero-order valence-electron chi connectivity index (χ0n) is 22.3. The molecule has 21 heteroatoms. The number of nitrogens with one attached hydrogen (secondary N) is 2. The Hall–Kier alpha value is -5.06. The Kier molecular flexibility index (Phi) is 7.55. The lowest BCUT2D eigenvalue weighted by atomic mass is 10.1. The second kappa shape index (κ2) is 10.8. The van der Waals surface area contributed by atoms with E-state index in [0.29, 0.717) is 0 Å². The van der Waals surface area contributed by atoms with E-state index in [1.165, 1.54) is 30.1 Å². The number of anilines is 2. The van der Waals surface area contributed by atoms with Crippen molar-refractivity contribution in [1.29, 1.82) is 0 Å². The molecule has 0 aliphatic carbocycles. The van der Waals surface area contributed by atoms with Gasteiger partial charge >= 0.3 is 11.4 Å². The lowest BCUT2D eigenvalue weighted by Crippen LogP contribution is -2.29. The largest absolute Gasteiger partial charge is 0.505 e. The van der Waals surface area contributed by atoms with Gasteiger partial charge in [-0.15, -0.1) is 10.2 Å². The summed E-state index contributed by atoms with van der Waals surface area (Å²) in [5, 5.41) is 17.6. The molecular formula is C24H18N6O12S3. The van der Waals surface area contributed by atoms with Gasteiger partial charge in [0.1, 0.15) is 26.1 Å². The Bertz CT molecular complexity index is 2520. The molecule has 0 fully saturated rings. The number of fused-ring (bicyclic) bond motifs is 2. The number of azo groups is 1. The molecule has 1 aromatic heterocycles. The molecule has 0 aliphatic rings. The summed E-state index contributed by atoms with van der Waals surface area (Å²) >= 11 is 0. The number of phenols is 1. The van der Waals surface area contributed by atoms with E-state index in [1.807, 2.05) is 4.98 Å². The summed E-state index contributed by atoms with van der Waals surface area (Å²) < 4.78 is 102. The number of aromatic hydroxyl groups is 1. The van der Waals surface area contributed by atoms with Crippen molar-refractivity contribution >= 4 is 74.9 Å². The number of benzene rings is 4. The third-order valence-corrected chi connectivity index (χ3v) is 9.14. The first-order valence-electron chi connectivity index (χ1n) is 12.0. The molecule has 6 N–H and O–H groups in total. The molecule has 0 aliphatic heterocycles. The molecule has 0 amide bonds. The molecule has 1 heterocycles. The van der Waals surface area contributed by atoms with Crippen LogP contribution in [0.1, 0.15) is 0 Å². The summed E-state index contributed by atoms with van der Waals surface area (Å²) in [4.78, 5) is 29.8. The number of hydrogen-bond donors (Lipinski definition) is 6. The molecule has 0 saturated carbocycles. The topological polar surface area (TPSA) is 290 Å². The summed E-state index contributed by atoms with van der Waals surface area (Å²) in [6.07, 6.45) is 0. The maximum Gasteiger partial charge on any atom is 0.352 e. The van der Waals surface area contributed by atoms with Crippen LogP contribution in [-0.4, -0.2) is 66.0 Å². The fourth-order valence-corrected chi connectivity index (χ4v) is 6.67. The number of aromatic nitrogens is 3. The van der Waals surface area contributed by atoms with E-state index in [0.717, 1.165) is 36.4 Å². The molecular weight excluding hydrogens is 660 g/mol. The molecule has 0 saturated heterocycles. The summed E-state index contributed by atoms with van der Waals surface area (Å²) in [7, 11) is -13.7. The Labute approximate surface area is 251 Å². The second-order valence-corrected chi connectivity index (χ2v) is 13.4. The van der Waals surface area contributed by atoms with Gasteiger partial charge < -0.3 is 10.0 Å².